The number of aromatic nitrogens is 2. The van der Waals surface area contributed by atoms with E-state index in [1.807, 2.05) is 6.20 Å². The van der Waals surface area contributed by atoms with E-state index >= 15 is 0 Å². The van der Waals surface area contributed by atoms with Crippen molar-refractivity contribution < 1.29 is 0 Å². The summed E-state index contributed by atoms with van der Waals surface area (Å²) in [4.78, 5) is 0. The molecule has 1 aromatic heterocycles. The van der Waals surface area contributed by atoms with Crippen LogP contribution in [0.1, 0.15) is 39.3 Å². The third-order valence-electron chi connectivity index (χ3n) is 3.29. The van der Waals surface area contributed by atoms with Crippen molar-refractivity contribution in [2.45, 2.75) is 53.1 Å². The highest BCUT2D eigenvalue weighted by molar-refractivity contribution is 4.97. The Morgan fingerprint density at radius 2 is 2.19 bits per heavy atom. The maximum atomic E-state index is 4.36. The summed E-state index contributed by atoms with van der Waals surface area (Å²) in [5, 5.41) is 7.98. The molecular weight excluding hydrogens is 198 g/mol. The van der Waals surface area contributed by atoms with E-state index in [4.69, 9.17) is 0 Å². The van der Waals surface area contributed by atoms with Crippen LogP contribution < -0.4 is 5.32 Å². The molecule has 16 heavy (non-hydrogen) atoms. The fraction of sp³-hybridized carbons (Fsp3) is 0.769. The Kier molecular flexibility index (Phi) is 5.53. The molecule has 0 aromatic carbocycles. The highest BCUT2D eigenvalue weighted by atomic mass is 15.3. The molecule has 2 atom stereocenters. The Bertz CT molecular complexity index is 293. The van der Waals surface area contributed by atoms with Crippen molar-refractivity contribution in [3.05, 3.63) is 18.0 Å². The van der Waals surface area contributed by atoms with Gasteiger partial charge in [0.1, 0.15) is 0 Å². The van der Waals surface area contributed by atoms with E-state index in [9.17, 15) is 0 Å². The van der Waals surface area contributed by atoms with Crippen LogP contribution in [0.4, 0.5) is 0 Å². The van der Waals surface area contributed by atoms with Crippen LogP contribution in [0, 0.1) is 12.8 Å². The average molecular weight is 223 g/mol. The molecule has 0 saturated carbocycles. The first kappa shape index (κ1) is 13.2. The number of nitrogens with one attached hydrogen (secondary N) is 1. The van der Waals surface area contributed by atoms with E-state index in [1.165, 1.54) is 18.5 Å². The largest absolute Gasteiger partial charge is 0.312 e. The van der Waals surface area contributed by atoms with Crippen molar-refractivity contribution in [1.82, 2.24) is 15.1 Å². The Balaban J connectivity index is 2.59. The molecule has 0 aliphatic rings. The molecule has 0 spiro atoms. The predicted molar refractivity (Wildman–Crippen MR) is 68.5 cm³/mol. The smallest absolute Gasteiger partial charge is 0.0568 e. The van der Waals surface area contributed by atoms with Crippen LogP contribution in [0.5, 0.6) is 0 Å². The van der Waals surface area contributed by atoms with Gasteiger partial charge in [-0.05, 0) is 31.9 Å². The van der Waals surface area contributed by atoms with E-state index in [-0.39, 0.29) is 0 Å². The van der Waals surface area contributed by atoms with Crippen molar-refractivity contribution in [2.24, 2.45) is 5.92 Å². The zero-order chi connectivity index (χ0) is 12.0. The zero-order valence-electron chi connectivity index (χ0n) is 11.0. The van der Waals surface area contributed by atoms with Gasteiger partial charge < -0.3 is 5.32 Å². The Morgan fingerprint density at radius 1 is 1.44 bits per heavy atom. The van der Waals surface area contributed by atoms with Crippen molar-refractivity contribution in [3.63, 3.8) is 0 Å². The predicted octanol–water partition coefficient (Wildman–Crippen LogP) is 2.61. The average Bonchev–Trinajstić information content (AvgIpc) is 2.69. The van der Waals surface area contributed by atoms with Crippen molar-refractivity contribution in [2.75, 3.05) is 6.54 Å². The number of rotatable bonds is 7. The van der Waals surface area contributed by atoms with Crippen LogP contribution >= 0.6 is 0 Å². The lowest BCUT2D eigenvalue weighted by Gasteiger charge is -2.24. The normalized spacial score (nSPS) is 15.0. The Morgan fingerprint density at radius 3 is 2.69 bits per heavy atom. The molecule has 0 aliphatic heterocycles. The van der Waals surface area contributed by atoms with Crippen LogP contribution in [0.3, 0.4) is 0 Å². The van der Waals surface area contributed by atoms with Gasteiger partial charge in [0.15, 0.2) is 0 Å². The van der Waals surface area contributed by atoms with E-state index in [0.717, 1.165) is 13.1 Å². The monoisotopic (exact) mass is 223 g/mol. The molecule has 0 amide bonds. The topological polar surface area (TPSA) is 29.9 Å². The second-order valence-electron chi connectivity index (χ2n) is 4.60. The summed E-state index contributed by atoms with van der Waals surface area (Å²) >= 11 is 0. The van der Waals surface area contributed by atoms with Gasteiger partial charge >= 0.3 is 0 Å². The minimum absolute atomic E-state index is 0.531. The molecule has 0 bridgehead atoms. The van der Waals surface area contributed by atoms with Crippen molar-refractivity contribution >= 4 is 0 Å². The first-order valence-electron chi connectivity index (χ1n) is 6.40. The molecule has 0 aliphatic carbocycles. The quantitative estimate of drug-likeness (QED) is 0.770. The summed E-state index contributed by atoms with van der Waals surface area (Å²) < 4.78 is 2.10. The van der Waals surface area contributed by atoms with Gasteiger partial charge in [0.25, 0.3) is 0 Å². The summed E-state index contributed by atoms with van der Waals surface area (Å²) in [6.07, 6.45) is 4.27. The summed E-state index contributed by atoms with van der Waals surface area (Å²) in [6.45, 7) is 11.0. The van der Waals surface area contributed by atoms with Gasteiger partial charge in [0.05, 0.1) is 6.54 Å². The summed E-state index contributed by atoms with van der Waals surface area (Å²) in [7, 11) is 0. The molecule has 1 aromatic rings. The van der Waals surface area contributed by atoms with Gasteiger partial charge in [-0.1, -0.05) is 27.2 Å². The fourth-order valence-electron chi connectivity index (χ4n) is 1.84. The number of aryl methyl sites for hydroxylation is 1. The maximum absolute atomic E-state index is 4.36. The third-order valence-corrected chi connectivity index (χ3v) is 3.29. The Hall–Kier alpha value is -0.830. The van der Waals surface area contributed by atoms with Crippen LogP contribution in [0.2, 0.25) is 0 Å². The minimum Gasteiger partial charge on any atom is -0.312 e. The molecular formula is C13H25N3. The lowest BCUT2D eigenvalue weighted by molar-refractivity contribution is 0.317. The molecule has 0 radical (unpaired) electrons. The third kappa shape index (κ3) is 3.63. The number of hydrogen-bond donors (Lipinski definition) is 1. The number of hydrogen-bond acceptors (Lipinski definition) is 2. The molecule has 0 fully saturated rings. The van der Waals surface area contributed by atoms with Gasteiger partial charge in [-0.3, -0.25) is 4.68 Å². The summed E-state index contributed by atoms with van der Waals surface area (Å²) in [5.41, 5.74) is 1.24. The lowest BCUT2D eigenvalue weighted by atomic mass is 9.99. The maximum Gasteiger partial charge on any atom is 0.0568 e. The summed E-state index contributed by atoms with van der Waals surface area (Å²) in [5.74, 6) is 0.690. The molecule has 2 unspecified atom stereocenters. The van der Waals surface area contributed by atoms with Gasteiger partial charge in [0, 0.05) is 17.9 Å². The van der Waals surface area contributed by atoms with E-state index in [1.54, 1.807) is 0 Å². The van der Waals surface area contributed by atoms with Gasteiger partial charge in [-0.15, -0.1) is 0 Å². The second kappa shape index (κ2) is 6.69. The molecule has 1 N–H and O–H groups in total. The minimum atomic E-state index is 0.531. The highest BCUT2D eigenvalue weighted by Crippen LogP contribution is 2.10. The SMILES string of the molecule is CCCNC(Cn1nccc1C)C(C)CC. The first-order valence-corrected chi connectivity index (χ1v) is 6.40. The number of nitrogens with zero attached hydrogens (tertiary/aromatic N) is 2. The fourth-order valence-corrected chi connectivity index (χ4v) is 1.84. The van der Waals surface area contributed by atoms with E-state index in [2.05, 4.69) is 48.9 Å². The van der Waals surface area contributed by atoms with Gasteiger partial charge in [-0.25, -0.2) is 0 Å². The zero-order valence-corrected chi connectivity index (χ0v) is 11.0. The molecule has 1 rings (SSSR count). The van der Waals surface area contributed by atoms with Crippen LogP contribution in [0.15, 0.2) is 12.3 Å². The van der Waals surface area contributed by atoms with Crippen LogP contribution in [-0.2, 0) is 6.54 Å². The van der Waals surface area contributed by atoms with Crippen LogP contribution in [0.25, 0.3) is 0 Å². The van der Waals surface area contributed by atoms with Crippen molar-refractivity contribution in [1.29, 1.82) is 0 Å². The standard InChI is InChI=1S/C13H25N3/c1-5-8-14-13(11(3)6-2)10-16-12(4)7-9-15-16/h7,9,11,13-14H,5-6,8,10H2,1-4H3. The molecule has 3 nitrogen and oxygen atoms in total. The van der Waals surface area contributed by atoms with E-state index < -0.39 is 0 Å². The van der Waals surface area contributed by atoms with Crippen molar-refractivity contribution in [3.8, 4) is 0 Å². The highest BCUT2D eigenvalue weighted by Gasteiger charge is 2.16. The first-order chi connectivity index (χ1) is 7.69. The Labute approximate surface area is 99.2 Å². The molecule has 92 valence electrons. The summed E-state index contributed by atoms with van der Waals surface area (Å²) in [6, 6.07) is 2.59. The second-order valence-corrected chi connectivity index (χ2v) is 4.60. The van der Waals surface area contributed by atoms with Gasteiger partial charge in [0.2, 0.25) is 0 Å². The molecule has 3 heteroatoms. The van der Waals surface area contributed by atoms with E-state index in [0.29, 0.717) is 12.0 Å². The molecule has 0 saturated heterocycles. The molecule has 1 heterocycles. The van der Waals surface area contributed by atoms with Crippen LogP contribution in [-0.4, -0.2) is 22.4 Å². The lowest BCUT2D eigenvalue weighted by Crippen LogP contribution is -2.39. The van der Waals surface area contributed by atoms with Gasteiger partial charge in [-0.2, -0.15) is 5.10 Å².